The topological polar surface area (TPSA) is 71.3 Å². The standard InChI is InChI=1S/C25H18BrCl2IN2O3/c1-33-19-5-2-15(3-6-19)13-31-25(32)18(12-30)8-17-9-20(26)24(23(29)11-17)34-14-16-4-7-21(27)22(28)10-16/h2-11H,13-14H2,1H3,(H,31,32)/b18-8-. The summed E-state index contributed by atoms with van der Waals surface area (Å²) in [5.74, 6) is 0.924. The quantitative estimate of drug-likeness (QED) is 0.157. The normalized spacial score (nSPS) is 11.0. The van der Waals surface area contributed by atoms with Crippen LogP contribution in [0.1, 0.15) is 16.7 Å². The predicted octanol–water partition coefficient (Wildman–Crippen LogP) is 7.17. The third kappa shape index (κ3) is 7.12. The number of amides is 1. The fourth-order valence-electron chi connectivity index (χ4n) is 2.92. The van der Waals surface area contributed by atoms with Crippen LogP contribution in [0.5, 0.6) is 11.5 Å². The molecule has 9 heteroatoms. The Morgan fingerprint density at radius 3 is 2.44 bits per heavy atom. The summed E-state index contributed by atoms with van der Waals surface area (Å²) in [4.78, 5) is 12.5. The molecule has 174 valence electrons. The molecule has 3 aromatic carbocycles. The van der Waals surface area contributed by atoms with E-state index < -0.39 is 5.91 Å². The summed E-state index contributed by atoms with van der Waals surface area (Å²) < 4.78 is 12.6. The molecule has 1 N–H and O–H groups in total. The van der Waals surface area contributed by atoms with E-state index in [0.29, 0.717) is 39.0 Å². The number of hydrogen-bond donors (Lipinski definition) is 1. The van der Waals surface area contributed by atoms with Crippen molar-refractivity contribution >= 4 is 73.7 Å². The molecular formula is C25H18BrCl2IN2O3. The average Bonchev–Trinajstić information content (AvgIpc) is 2.83. The molecule has 0 aromatic heterocycles. The van der Waals surface area contributed by atoms with Gasteiger partial charge in [-0.25, -0.2) is 0 Å². The highest BCUT2D eigenvalue weighted by Gasteiger charge is 2.13. The number of nitriles is 1. The van der Waals surface area contributed by atoms with E-state index >= 15 is 0 Å². The van der Waals surface area contributed by atoms with Crippen molar-refractivity contribution in [3.8, 4) is 17.6 Å². The van der Waals surface area contributed by atoms with E-state index in [1.54, 1.807) is 31.4 Å². The zero-order valence-electron chi connectivity index (χ0n) is 17.9. The Hall–Kier alpha value is -2.25. The van der Waals surface area contributed by atoms with Crippen molar-refractivity contribution in [2.45, 2.75) is 13.2 Å². The van der Waals surface area contributed by atoms with E-state index in [2.05, 4.69) is 43.8 Å². The highest BCUT2D eigenvalue weighted by molar-refractivity contribution is 14.1. The molecule has 0 spiro atoms. The molecule has 0 atom stereocenters. The third-order valence-corrected chi connectivity index (χ3v) is 6.81. The smallest absolute Gasteiger partial charge is 0.262 e. The minimum absolute atomic E-state index is 0.000635. The van der Waals surface area contributed by atoms with Gasteiger partial charge in [-0.15, -0.1) is 0 Å². The molecule has 0 fully saturated rings. The molecular weight excluding hydrogens is 654 g/mol. The number of rotatable bonds is 8. The fraction of sp³-hybridized carbons (Fsp3) is 0.120. The van der Waals surface area contributed by atoms with Crippen LogP contribution in [0.2, 0.25) is 10.0 Å². The molecule has 3 aromatic rings. The third-order valence-electron chi connectivity index (χ3n) is 4.68. The minimum atomic E-state index is -0.454. The van der Waals surface area contributed by atoms with Gasteiger partial charge in [0.05, 0.1) is 25.2 Å². The maximum atomic E-state index is 12.5. The van der Waals surface area contributed by atoms with Gasteiger partial charge < -0.3 is 14.8 Å². The van der Waals surface area contributed by atoms with E-state index in [0.717, 1.165) is 20.4 Å². The first-order valence-corrected chi connectivity index (χ1v) is 12.5. The van der Waals surface area contributed by atoms with Crippen LogP contribution in [0.25, 0.3) is 6.08 Å². The van der Waals surface area contributed by atoms with Crippen molar-refractivity contribution in [3.63, 3.8) is 0 Å². The van der Waals surface area contributed by atoms with Crippen LogP contribution in [0.15, 0.2) is 64.6 Å². The van der Waals surface area contributed by atoms with E-state index in [-0.39, 0.29) is 5.57 Å². The number of carbonyl (C=O) groups excluding carboxylic acids is 1. The summed E-state index contributed by atoms with van der Waals surface area (Å²) in [6, 6.07) is 18.3. The lowest BCUT2D eigenvalue weighted by molar-refractivity contribution is -0.117. The van der Waals surface area contributed by atoms with Gasteiger partial charge in [-0.05, 0) is 97.7 Å². The Labute approximate surface area is 229 Å². The van der Waals surface area contributed by atoms with Crippen molar-refractivity contribution in [1.82, 2.24) is 5.32 Å². The predicted molar refractivity (Wildman–Crippen MR) is 146 cm³/mol. The second kappa shape index (κ2) is 12.5. The van der Waals surface area contributed by atoms with Crippen LogP contribution in [0.3, 0.4) is 0 Å². The molecule has 0 radical (unpaired) electrons. The van der Waals surface area contributed by atoms with Crippen LogP contribution in [0, 0.1) is 14.9 Å². The molecule has 0 saturated heterocycles. The molecule has 0 aliphatic heterocycles. The molecule has 0 saturated carbocycles. The van der Waals surface area contributed by atoms with Crippen molar-refractivity contribution < 1.29 is 14.3 Å². The van der Waals surface area contributed by atoms with Gasteiger partial charge in [0.25, 0.3) is 5.91 Å². The summed E-state index contributed by atoms with van der Waals surface area (Å²) >= 11 is 17.7. The Kier molecular flexibility index (Phi) is 9.65. The summed E-state index contributed by atoms with van der Waals surface area (Å²) in [5.41, 5.74) is 2.46. The number of methoxy groups -OCH3 is 1. The Bertz CT molecular complexity index is 1250. The molecule has 0 aliphatic rings. The van der Waals surface area contributed by atoms with Crippen LogP contribution < -0.4 is 14.8 Å². The Morgan fingerprint density at radius 2 is 1.82 bits per heavy atom. The van der Waals surface area contributed by atoms with Crippen LogP contribution in [-0.4, -0.2) is 13.0 Å². The van der Waals surface area contributed by atoms with Gasteiger partial charge in [-0.2, -0.15) is 5.26 Å². The van der Waals surface area contributed by atoms with E-state index in [1.807, 2.05) is 42.5 Å². The van der Waals surface area contributed by atoms with E-state index in [4.69, 9.17) is 32.7 Å². The molecule has 34 heavy (non-hydrogen) atoms. The van der Waals surface area contributed by atoms with Gasteiger partial charge in [0.2, 0.25) is 0 Å². The van der Waals surface area contributed by atoms with Crippen LogP contribution in [0.4, 0.5) is 0 Å². The van der Waals surface area contributed by atoms with Gasteiger partial charge in [-0.1, -0.05) is 41.4 Å². The largest absolute Gasteiger partial charge is 0.497 e. The maximum Gasteiger partial charge on any atom is 0.262 e. The second-order valence-electron chi connectivity index (χ2n) is 7.05. The summed E-state index contributed by atoms with van der Waals surface area (Å²) in [6.07, 6.45) is 1.54. The van der Waals surface area contributed by atoms with Crippen molar-refractivity contribution in [3.05, 3.63) is 94.9 Å². The zero-order chi connectivity index (χ0) is 24.7. The van der Waals surface area contributed by atoms with Crippen LogP contribution in [-0.2, 0) is 17.9 Å². The van der Waals surface area contributed by atoms with Gasteiger partial charge in [0.15, 0.2) is 0 Å². The molecule has 0 aliphatic carbocycles. The Balaban J connectivity index is 1.69. The van der Waals surface area contributed by atoms with Gasteiger partial charge in [-0.3, -0.25) is 4.79 Å². The number of nitrogens with zero attached hydrogens (tertiary/aromatic N) is 1. The molecule has 0 heterocycles. The van der Waals surface area contributed by atoms with Gasteiger partial charge >= 0.3 is 0 Å². The maximum absolute atomic E-state index is 12.5. The molecule has 3 rings (SSSR count). The summed E-state index contributed by atoms with van der Waals surface area (Å²) in [7, 11) is 1.59. The Morgan fingerprint density at radius 1 is 1.12 bits per heavy atom. The number of halogens is 4. The number of carbonyl (C=O) groups is 1. The first-order valence-electron chi connectivity index (χ1n) is 9.89. The van der Waals surface area contributed by atoms with Gasteiger partial charge in [0, 0.05) is 6.54 Å². The van der Waals surface area contributed by atoms with E-state index in [1.165, 1.54) is 0 Å². The number of ether oxygens (including phenoxy) is 2. The highest BCUT2D eigenvalue weighted by Crippen LogP contribution is 2.34. The lowest BCUT2D eigenvalue weighted by atomic mass is 10.1. The highest BCUT2D eigenvalue weighted by atomic mass is 127. The first-order chi connectivity index (χ1) is 16.3. The average molecular weight is 672 g/mol. The number of nitrogens with one attached hydrogen (secondary N) is 1. The minimum Gasteiger partial charge on any atom is -0.497 e. The second-order valence-corrected chi connectivity index (χ2v) is 9.88. The lowest BCUT2D eigenvalue weighted by Gasteiger charge is -2.12. The van der Waals surface area contributed by atoms with E-state index in [9.17, 15) is 10.1 Å². The molecule has 0 unspecified atom stereocenters. The summed E-state index contributed by atoms with van der Waals surface area (Å²) in [5, 5.41) is 13.2. The molecule has 5 nitrogen and oxygen atoms in total. The monoisotopic (exact) mass is 670 g/mol. The van der Waals surface area contributed by atoms with Crippen molar-refractivity contribution in [1.29, 1.82) is 5.26 Å². The molecule has 1 amide bonds. The fourth-order valence-corrected chi connectivity index (χ4v) is 5.01. The van der Waals surface area contributed by atoms with Crippen LogP contribution >= 0.6 is 61.7 Å². The zero-order valence-corrected chi connectivity index (χ0v) is 23.1. The van der Waals surface area contributed by atoms with Crippen molar-refractivity contribution in [2.24, 2.45) is 0 Å². The number of hydrogen-bond acceptors (Lipinski definition) is 4. The summed E-state index contributed by atoms with van der Waals surface area (Å²) in [6.45, 7) is 0.600. The van der Waals surface area contributed by atoms with Crippen molar-refractivity contribution in [2.75, 3.05) is 7.11 Å². The molecule has 0 bridgehead atoms. The lowest BCUT2D eigenvalue weighted by Crippen LogP contribution is -2.23. The van der Waals surface area contributed by atoms with Gasteiger partial charge in [0.1, 0.15) is 29.7 Å². The number of benzene rings is 3. The SMILES string of the molecule is COc1ccc(CNC(=O)/C(C#N)=C\c2cc(Br)c(OCc3ccc(Cl)c(Cl)c3)c(I)c2)cc1. The first kappa shape index (κ1) is 26.4.